The van der Waals surface area contributed by atoms with Crippen LogP contribution in [0.25, 0.3) is 11.1 Å². The number of ether oxygens (including phenoxy) is 3. The summed E-state index contributed by atoms with van der Waals surface area (Å²) in [7, 11) is 0. The standard InChI is InChI=1S/C29H31NO5/c1-29(2,3)35-19-26(27(31)33-17-20-11-5-4-6-12-20)30-28(32)34-18-25-23-15-9-7-13-21(23)22-14-8-10-16-24(22)25/h4-16,25-26H,17-19H2,1-3H3,(H,30,32)/t26-/m1/s1. The van der Waals surface area contributed by atoms with Crippen molar-refractivity contribution in [1.29, 1.82) is 0 Å². The van der Waals surface area contributed by atoms with Crippen LogP contribution in [-0.4, -0.2) is 36.9 Å². The largest absolute Gasteiger partial charge is 0.459 e. The lowest BCUT2D eigenvalue weighted by Crippen LogP contribution is -2.46. The summed E-state index contributed by atoms with van der Waals surface area (Å²) in [5.41, 5.74) is 4.92. The second kappa shape index (κ2) is 10.7. The Bertz CT molecular complexity index is 1120. The fourth-order valence-corrected chi connectivity index (χ4v) is 4.11. The van der Waals surface area contributed by atoms with Gasteiger partial charge in [0, 0.05) is 5.92 Å². The normalized spacial score (nSPS) is 13.5. The fourth-order valence-electron chi connectivity index (χ4n) is 4.11. The molecule has 1 amide bonds. The van der Waals surface area contributed by atoms with Crippen LogP contribution in [0, 0.1) is 0 Å². The lowest BCUT2D eigenvalue weighted by molar-refractivity contribution is -0.150. The number of hydrogen-bond acceptors (Lipinski definition) is 5. The van der Waals surface area contributed by atoms with Gasteiger partial charge in [0.2, 0.25) is 0 Å². The molecular formula is C29H31NO5. The minimum absolute atomic E-state index is 0.0265. The van der Waals surface area contributed by atoms with Gasteiger partial charge in [0.15, 0.2) is 6.04 Å². The average Bonchev–Trinajstić information content (AvgIpc) is 3.17. The van der Waals surface area contributed by atoms with E-state index in [-0.39, 0.29) is 25.7 Å². The Labute approximate surface area is 206 Å². The number of nitrogens with one attached hydrogen (secondary N) is 1. The number of alkyl carbamates (subject to hydrolysis) is 1. The molecule has 0 bridgehead atoms. The van der Waals surface area contributed by atoms with Crippen molar-refractivity contribution in [3.05, 3.63) is 95.6 Å². The molecule has 0 unspecified atom stereocenters. The Morgan fingerprint density at radius 2 is 1.40 bits per heavy atom. The van der Waals surface area contributed by atoms with E-state index in [0.29, 0.717) is 0 Å². The van der Waals surface area contributed by atoms with Crippen LogP contribution < -0.4 is 5.32 Å². The van der Waals surface area contributed by atoms with Gasteiger partial charge in [-0.05, 0) is 48.6 Å². The Hall–Kier alpha value is -3.64. The van der Waals surface area contributed by atoms with Crippen LogP contribution in [0.1, 0.15) is 43.4 Å². The molecule has 0 saturated carbocycles. The molecule has 35 heavy (non-hydrogen) atoms. The molecule has 3 aromatic rings. The topological polar surface area (TPSA) is 73.9 Å². The predicted molar refractivity (Wildman–Crippen MR) is 134 cm³/mol. The third kappa shape index (κ3) is 6.28. The van der Waals surface area contributed by atoms with Crippen molar-refractivity contribution in [3.8, 4) is 11.1 Å². The number of carbonyl (C=O) groups is 2. The molecule has 0 aromatic heterocycles. The quantitative estimate of drug-likeness (QED) is 0.440. The second-order valence-corrected chi connectivity index (χ2v) is 9.54. The molecule has 1 N–H and O–H groups in total. The minimum Gasteiger partial charge on any atom is -0.459 e. The average molecular weight is 474 g/mol. The van der Waals surface area contributed by atoms with Crippen molar-refractivity contribution in [1.82, 2.24) is 5.32 Å². The maximum Gasteiger partial charge on any atom is 0.407 e. The summed E-state index contributed by atoms with van der Waals surface area (Å²) < 4.78 is 16.8. The molecule has 0 aliphatic heterocycles. The van der Waals surface area contributed by atoms with Crippen molar-refractivity contribution in [3.63, 3.8) is 0 Å². The molecular weight excluding hydrogens is 442 g/mol. The highest BCUT2D eigenvalue weighted by molar-refractivity contribution is 5.82. The molecule has 1 aliphatic rings. The summed E-state index contributed by atoms with van der Waals surface area (Å²) in [5, 5.41) is 2.64. The van der Waals surface area contributed by atoms with Crippen LogP contribution in [0.4, 0.5) is 4.79 Å². The van der Waals surface area contributed by atoms with E-state index in [1.54, 1.807) is 0 Å². The minimum atomic E-state index is -0.992. The van der Waals surface area contributed by atoms with Crippen LogP contribution in [0.2, 0.25) is 0 Å². The van der Waals surface area contributed by atoms with Gasteiger partial charge in [-0.2, -0.15) is 0 Å². The molecule has 1 atom stereocenters. The zero-order valence-electron chi connectivity index (χ0n) is 20.3. The Balaban J connectivity index is 1.40. The molecule has 0 spiro atoms. The molecule has 1 aliphatic carbocycles. The highest BCUT2D eigenvalue weighted by atomic mass is 16.6. The zero-order valence-corrected chi connectivity index (χ0v) is 20.3. The summed E-state index contributed by atoms with van der Waals surface area (Å²) in [5.74, 6) is -0.644. The number of rotatable bonds is 8. The van der Waals surface area contributed by atoms with Crippen LogP contribution >= 0.6 is 0 Å². The first kappa shape index (κ1) is 24.5. The first-order valence-corrected chi connectivity index (χ1v) is 11.8. The highest BCUT2D eigenvalue weighted by Gasteiger charge is 2.30. The smallest absolute Gasteiger partial charge is 0.407 e. The van der Waals surface area contributed by atoms with Crippen molar-refractivity contribution >= 4 is 12.1 Å². The van der Waals surface area contributed by atoms with E-state index in [2.05, 4.69) is 29.6 Å². The van der Waals surface area contributed by atoms with Gasteiger partial charge in [0.1, 0.15) is 13.2 Å². The summed E-state index contributed by atoms with van der Waals surface area (Å²) in [6.45, 7) is 5.89. The van der Waals surface area contributed by atoms with Gasteiger partial charge >= 0.3 is 12.1 Å². The summed E-state index contributed by atoms with van der Waals surface area (Å²) in [4.78, 5) is 25.5. The molecule has 0 radical (unpaired) electrons. The number of benzene rings is 3. The van der Waals surface area contributed by atoms with Crippen LogP contribution in [0.15, 0.2) is 78.9 Å². The van der Waals surface area contributed by atoms with E-state index >= 15 is 0 Å². The van der Waals surface area contributed by atoms with Crippen molar-refractivity contribution < 1.29 is 23.8 Å². The number of esters is 1. The van der Waals surface area contributed by atoms with E-state index < -0.39 is 23.7 Å². The second-order valence-electron chi connectivity index (χ2n) is 9.54. The predicted octanol–water partition coefficient (Wildman–Crippen LogP) is 5.45. The molecule has 0 heterocycles. The third-order valence-electron chi connectivity index (χ3n) is 5.83. The molecule has 4 rings (SSSR count). The number of carbonyl (C=O) groups excluding carboxylic acids is 2. The number of hydrogen-bond donors (Lipinski definition) is 1. The molecule has 6 nitrogen and oxygen atoms in total. The van der Waals surface area contributed by atoms with E-state index in [1.807, 2.05) is 75.4 Å². The first-order valence-electron chi connectivity index (χ1n) is 11.8. The molecule has 6 heteroatoms. The zero-order chi connectivity index (χ0) is 24.8. The molecule has 182 valence electrons. The summed E-state index contributed by atoms with van der Waals surface area (Å²) >= 11 is 0. The van der Waals surface area contributed by atoms with Crippen molar-refractivity contribution in [2.45, 2.75) is 44.9 Å². The highest BCUT2D eigenvalue weighted by Crippen LogP contribution is 2.44. The Morgan fingerprint density at radius 1 is 0.829 bits per heavy atom. The van der Waals surface area contributed by atoms with Gasteiger partial charge in [-0.1, -0.05) is 78.9 Å². The first-order chi connectivity index (χ1) is 16.8. The van der Waals surface area contributed by atoms with Gasteiger partial charge in [-0.3, -0.25) is 0 Å². The van der Waals surface area contributed by atoms with E-state index in [9.17, 15) is 9.59 Å². The van der Waals surface area contributed by atoms with Gasteiger partial charge < -0.3 is 19.5 Å². The van der Waals surface area contributed by atoms with Crippen molar-refractivity contribution in [2.24, 2.45) is 0 Å². The van der Waals surface area contributed by atoms with E-state index in [1.165, 1.54) is 0 Å². The lowest BCUT2D eigenvalue weighted by Gasteiger charge is -2.24. The van der Waals surface area contributed by atoms with Crippen molar-refractivity contribution in [2.75, 3.05) is 13.2 Å². The fraction of sp³-hybridized carbons (Fsp3) is 0.310. The Kier molecular flexibility index (Phi) is 7.51. The van der Waals surface area contributed by atoms with Gasteiger partial charge in [-0.15, -0.1) is 0 Å². The maximum absolute atomic E-state index is 12.8. The van der Waals surface area contributed by atoms with E-state index in [4.69, 9.17) is 14.2 Å². The summed E-state index contributed by atoms with van der Waals surface area (Å²) in [6, 6.07) is 24.6. The van der Waals surface area contributed by atoms with Gasteiger partial charge in [0.05, 0.1) is 12.2 Å². The Morgan fingerprint density at radius 3 is 2.00 bits per heavy atom. The monoisotopic (exact) mass is 473 g/mol. The molecule has 0 saturated heterocycles. The van der Waals surface area contributed by atoms with E-state index in [0.717, 1.165) is 27.8 Å². The third-order valence-corrected chi connectivity index (χ3v) is 5.83. The maximum atomic E-state index is 12.8. The summed E-state index contributed by atoms with van der Waals surface area (Å²) in [6.07, 6.45) is -0.689. The molecule has 3 aromatic carbocycles. The van der Waals surface area contributed by atoms with Gasteiger partial charge in [0.25, 0.3) is 0 Å². The lowest BCUT2D eigenvalue weighted by atomic mass is 9.98. The SMILES string of the molecule is CC(C)(C)OC[C@@H](NC(=O)OCC1c2ccccc2-c2ccccc21)C(=O)OCc1ccccc1. The van der Waals surface area contributed by atoms with Crippen LogP contribution in [-0.2, 0) is 25.6 Å². The van der Waals surface area contributed by atoms with Gasteiger partial charge in [-0.25, -0.2) is 9.59 Å². The number of amides is 1. The molecule has 0 fully saturated rings. The van der Waals surface area contributed by atoms with Crippen LogP contribution in [0.5, 0.6) is 0 Å². The van der Waals surface area contributed by atoms with Crippen LogP contribution in [0.3, 0.4) is 0 Å². The number of fused-ring (bicyclic) bond motifs is 3.